The Balaban J connectivity index is 1.15. The van der Waals surface area contributed by atoms with Crippen LogP contribution in [0, 0.1) is 6.92 Å². The van der Waals surface area contributed by atoms with Gasteiger partial charge in [0.15, 0.2) is 0 Å². The van der Waals surface area contributed by atoms with Crippen LogP contribution < -0.4 is 15.5 Å². The summed E-state index contributed by atoms with van der Waals surface area (Å²) in [5, 5.41) is 6.45. The summed E-state index contributed by atoms with van der Waals surface area (Å²) in [6, 6.07) is 9.77. The summed E-state index contributed by atoms with van der Waals surface area (Å²) >= 11 is 0. The molecule has 16 heteroatoms. The van der Waals surface area contributed by atoms with Gasteiger partial charge in [0, 0.05) is 75.7 Å². The van der Waals surface area contributed by atoms with Gasteiger partial charge in [-0.05, 0) is 89.2 Å². The van der Waals surface area contributed by atoms with Crippen molar-refractivity contribution in [2.45, 2.75) is 89.4 Å². The van der Waals surface area contributed by atoms with E-state index in [9.17, 15) is 18.0 Å². The zero-order chi connectivity index (χ0) is 39.4. The van der Waals surface area contributed by atoms with Gasteiger partial charge in [0.1, 0.15) is 29.1 Å². The third kappa shape index (κ3) is 9.35. The molecular formula is C40H50F3N11O2. The van der Waals surface area contributed by atoms with Crippen LogP contribution in [0.3, 0.4) is 0 Å². The molecule has 4 unspecified atom stereocenters. The molecule has 3 saturated heterocycles. The van der Waals surface area contributed by atoms with Crippen LogP contribution in [-0.4, -0.2) is 98.1 Å². The number of carbonyl (C=O) groups is 1. The Morgan fingerprint density at radius 1 is 0.857 bits per heavy atom. The second-order valence-corrected chi connectivity index (χ2v) is 15.2. The van der Waals surface area contributed by atoms with Gasteiger partial charge in [-0.2, -0.15) is 18.2 Å². The van der Waals surface area contributed by atoms with Gasteiger partial charge in [0.05, 0.1) is 36.0 Å². The van der Waals surface area contributed by atoms with Crippen molar-refractivity contribution < 1.29 is 22.7 Å². The number of aryl methyl sites for hydroxylation is 1. The van der Waals surface area contributed by atoms with E-state index in [4.69, 9.17) is 24.7 Å². The van der Waals surface area contributed by atoms with E-state index in [1.54, 1.807) is 13.3 Å². The normalized spacial score (nSPS) is 21.0. The Morgan fingerprint density at radius 3 is 2.27 bits per heavy atom. The number of methoxy groups -OCH3 is 1. The van der Waals surface area contributed by atoms with Gasteiger partial charge in [-0.15, -0.1) is 0 Å². The molecule has 56 heavy (non-hydrogen) atoms. The monoisotopic (exact) mass is 773 g/mol. The second-order valence-electron chi connectivity index (χ2n) is 15.2. The van der Waals surface area contributed by atoms with E-state index >= 15 is 0 Å². The Kier molecular flexibility index (Phi) is 12.0. The lowest BCUT2D eigenvalue weighted by Crippen LogP contribution is -2.39. The number of nitrogens with zero attached hydrogens (tertiary/aromatic N) is 9. The molecule has 298 valence electrons. The maximum absolute atomic E-state index is 13.5. The molecule has 2 N–H and O–H groups in total. The standard InChI is InChI=1S/C40H50F3N11O2/c1-25-9-13-44-33(19-25)48-35-21-31(28-8-6-15-53(24-28)37(55)12-18-56-4)46-38(50-35)27(3)52-17-11-29(23-52)32-22-36(51-39(47-32)54-16-5-7-26(54)2)49-34-20-30(10-14-45-34)40(41,42)43/h9-10,13-14,19-22,26-29H,5-8,11-12,15-18,23-24H2,1-4H3,(H,44,46,48,50)(H,45,47,49,51). The third-order valence-electron chi connectivity index (χ3n) is 11.1. The van der Waals surface area contributed by atoms with E-state index in [0.29, 0.717) is 55.3 Å². The number of halogens is 3. The minimum atomic E-state index is -4.49. The largest absolute Gasteiger partial charge is 0.416 e. The van der Waals surface area contributed by atoms with Crippen LogP contribution >= 0.6 is 0 Å². The number of pyridine rings is 2. The lowest BCUT2D eigenvalue weighted by Gasteiger charge is -2.33. The molecule has 3 aliphatic heterocycles. The first-order valence-corrected chi connectivity index (χ1v) is 19.5. The third-order valence-corrected chi connectivity index (χ3v) is 11.1. The minimum Gasteiger partial charge on any atom is -0.384 e. The first kappa shape index (κ1) is 39.3. The molecular weight excluding hydrogens is 724 g/mol. The molecule has 0 spiro atoms. The Morgan fingerprint density at radius 2 is 1.55 bits per heavy atom. The van der Waals surface area contributed by atoms with Crippen LogP contribution in [0.25, 0.3) is 0 Å². The highest BCUT2D eigenvalue weighted by Crippen LogP contribution is 2.36. The summed E-state index contributed by atoms with van der Waals surface area (Å²) in [4.78, 5) is 48.1. The fourth-order valence-corrected chi connectivity index (χ4v) is 7.91. The summed E-state index contributed by atoms with van der Waals surface area (Å²) in [7, 11) is 1.60. The molecule has 0 aliphatic carbocycles. The van der Waals surface area contributed by atoms with Crippen LogP contribution in [0.15, 0.2) is 48.8 Å². The van der Waals surface area contributed by atoms with Crippen LogP contribution in [0.4, 0.5) is 42.4 Å². The number of alkyl halides is 3. The molecule has 3 aliphatic rings. The molecule has 7 heterocycles. The number of anilines is 5. The highest BCUT2D eigenvalue weighted by atomic mass is 19.4. The number of carbonyl (C=O) groups excluding carboxylic acids is 1. The number of rotatable bonds is 12. The molecule has 4 aromatic rings. The molecule has 0 radical (unpaired) electrons. The maximum Gasteiger partial charge on any atom is 0.416 e. The summed E-state index contributed by atoms with van der Waals surface area (Å²) in [6.07, 6.45) is 3.40. The number of piperidine rings is 1. The Hall–Kier alpha value is -4.96. The van der Waals surface area contributed by atoms with E-state index in [0.717, 1.165) is 87.0 Å². The van der Waals surface area contributed by atoms with Crippen molar-refractivity contribution in [1.29, 1.82) is 0 Å². The van der Waals surface area contributed by atoms with E-state index in [2.05, 4.69) is 44.2 Å². The van der Waals surface area contributed by atoms with Crippen molar-refractivity contribution in [3.8, 4) is 0 Å². The number of likely N-dealkylation sites (tertiary alicyclic amines) is 2. The van der Waals surface area contributed by atoms with E-state index in [1.807, 2.05) is 36.1 Å². The molecule has 0 saturated carbocycles. The van der Waals surface area contributed by atoms with Crippen molar-refractivity contribution >= 4 is 35.1 Å². The summed E-state index contributed by atoms with van der Waals surface area (Å²) in [5.41, 5.74) is 1.99. The average molecular weight is 774 g/mol. The molecule has 3 fully saturated rings. The lowest BCUT2D eigenvalue weighted by molar-refractivity contribution is -0.137. The smallest absolute Gasteiger partial charge is 0.384 e. The van der Waals surface area contributed by atoms with Crippen LogP contribution in [0.1, 0.15) is 98.6 Å². The number of nitrogens with one attached hydrogen (secondary N) is 2. The molecule has 0 bridgehead atoms. The molecule has 4 atom stereocenters. The highest BCUT2D eigenvalue weighted by Gasteiger charge is 2.34. The topological polar surface area (TPSA) is 137 Å². The second kappa shape index (κ2) is 17.0. The van der Waals surface area contributed by atoms with Gasteiger partial charge >= 0.3 is 6.18 Å². The van der Waals surface area contributed by atoms with Gasteiger partial charge in [0.25, 0.3) is 0 Å². The van der Waals surface area contributed by atoms with Gasteiger partial charge in [-0.1, -0.05) is 0 Å². The predicted molar refractivity (Wildman–Crippen MR) is 207 cm³/mol. The van der Waals surface area contributed by atoms with Gasteiger partial charge in [-0.25, -0.2) is 24.9 Å². The predicted octanol–water partition coefficient (Wildman–Crippen LogP) is 7.15. The zero-order valence-corrected chi connectivity index (χ0v) is 32.4. The number of hydrogen-bond acceptors (Lipinski definition) is 12. The molecule has 0 aromatic carbocycles. The summed E-state index contributed by atoms with van der Waals surface area (Å²) < 4.78 is 45.7. The average Bonchev–Trinajstić information content (AvgIpc) is 3.86. The SMILES string of the molecule is COCCC(=O)N1CCCC(c2cc(Nc3cc(C)ccn3)nc(C(C)N3CCC(c4cc(Nc5cc(C(F)(F)F)ccn5)nc(N5CCCC5C)n4)C3)n2)C1. The van der Waals surface area contributed by atoms with E-state index in [1.165, 1.54) is 0 Å². The first-order chi connectivity index (χ1) is 26.9. The highest BCUT2D eigenvalue weighted by molar-refractivity contribution is 5.76. The zero-order valence-electron chi connectivity index (χ0n) is 32.4. The molecule has 7 rings (SSSR count). The Bertz CT molecular complexity index is 2000. The van der Waals surface area contributed by atoms with Gasteiger partial charge < -0.3 is 25.2 Å². The molecule has 13 nitrogen and oxygen atoms in total. The number of hydrogen-bond donors (Lipinski definition) is 2. The van der Waals surface area contributed by atoms with Crippen LogP contribution in [0.5, 0.6) is 0 Å². The van der Waals surface area contributed by atoms with Crippen molar-refractivity contribution in [3.63, 3.8) is 0 Å². The quantitative estimate of drug-likeness (QED) is 0.151. The summed E-state index contributed by atoms with van der Waals surface area (Å²) in [6.45, 7) is 10.2. The Labute approximate surface area is 325 Å². The number of amides is 1. The van der Waals surface area contributed by atoms with Crippen molar-refractivity contribution in [3.05, 3.63) is 77.1 Å². The number of aromatic nitrogens is 6. The summed E-state index contributed by atoms with van der Waals surface area (Å²) in [5.74, 6) is 3.21. The van der Waals surface area contributed by atoms with Crippen LogP contribution in [0.2, 0.25) is 0 Å². The van der Waals surface area contributed by atoms with E-state index in [-0.39, 0.29) is 35.6 Å². The lowest BCUT2D eigenvalue weighted by atomic mass is 9.94. The van der Waals surface area contributed by atoms with Crippen molar-refractivity contribution in [2.24, 2.45) is 0 Å². The van der Waals surface area contributed by atoms with Gasteiger partial charge in [0.2, 0.25) is 11.9 Å². The fraction of sp³-hybridized carbons (Fsp3) is 0.525. The number of ether oxygens (including phenoxy) is 1. The van der Waals surface area contributed by atoms with Gasteiger partial charge in [-0.3, -0.25) is 9.69 Å². The van der Waals surface area contributed by atoms with E-state index < -0.39 is 11.7 Å². The molecule has 1 amide bonds. The van der Waals surface area contributed by atoms with Crippen molar-refractivity contribution in [1.82, 2.24) is 39.7 Å². The maximum atomic E-state index is 13.5. The van der Waals surface area contributed by atoms with Crippen LogP contribution in [-0.2, 0) is 15.7 Å². The minimum absolute atomic E-state index is 0.0365. The molecule has 4 aromatic heterocycles. The first-order valence-electron chi connectivity index (χ1n) is 19.5. The fourth-order valence-electron chi connectivity index (χ4n) is 7.91. The van der Waals surface area contributed by atoms with Crippen molar-refractivity contribution in [2.75, 3.05) is 62.0 Å².